The molecule has 0 aliphatic heterocycles. The Morgan fingerprint density at radius 3 is 2.42 bits per heavy atom. The minimum absolute atomic E-state index is 0.135. The third kappa shape index (κ3) is 5.70. The van der Waals surface area contributed by atoms with Gasteiger partial charge in [0.05, 0.1) is 11.9 Å². The highest BCUT2D eigenvalue weighted by molar-refractivity contribution is 6.28. The minimum atomic E-state index is -0.624. The molecule has 0 heterocycles. The van der Waals surface area contributed by atoms with Gasteiger partial charge >= 0.3 is 0 Å². The molecule has 2 N–H and O–H groups in total. The fraction of sp³-hybridized carbons (Fsp3) is 0.263. The van der Waals surface area contributed by atoms with Gasteiger partial charge in [-0.15, -0.1) is 11.6 Å². The van der Waals surface area contributed by atoms with Crippen LogP contribution in [0.25, 0.3) is 0 Å². The van der Waals surface area contributed by atoms with E-state index < -0.39 is 6.04 Å². The smallest absolute Gasteiger partial charge is 0.220 e. The molecule has 2 rings (SSSR count). The van der Waals surface area contributed by atoms with Crippen molar-refractivity contribution in [3.8, 4) is 5.75 Å². The number of benzene rings is 2. The van der Waals surface area contributed by atoms with Crippen LogP contribution in [0.4, 0.5) is 0 Å². The average Bonchev–Trinajstić information content (AvgIpc) is 2.59. The molecule has 1 atom stereocenters. The van der Waals surface area contributed by atoms with Gasteiger partial charge in [0.2, 0.25) is 5.91 Å². The molecule has 0 fully saturated rings. The van der Waals surface area contributed by atoms with E-state index in [-0.39, 0.29) is 29.7 Å². The van der Waals surface area contributed by atoms with Crippen molar-refractivity contribution in [3.63, 3.8) is 0 Å². The zero-order valence-corrected chi connectivity index (χ0v) is 14.0. The molecule has 2 aromatic rings. The minimum Gasteiger partial charge on any atom is -0.508 e. The lowest BCUT2D eigenvalue weighted by atomic mass is 10.0. The monoisotopic (exact) mass is 345 g/mol. The van der Waals surface area contributed by atoms with Crippen LogP contribution in [-0.4, -0.2) is 28.7 Å². The molecule has 0 aromatic heterocycles. The molecule has 1 amide bonds. The van der Waals surface area contributed by atoms with Gasteiger partial charge in [0.15, 0.2) is 5.78 Å². The molecule has 0 aliphatic carbocycles. The first kappa shape index (κ1) is 18.0. The number of alkyl halides is 1. The quantitative estimate of drug-likeness (QED) is 0.723. The van der Waals surface area contributed by atoms with Gasteiger partial charge in [0.1, 0.15) is 5.75 Å². The summed E-state index contributed by atoms with van der Waals surface area (Å²) in [5.74, 6) is -0.374. The van der Waals surface area contributed by atoms with E-state index >= 15 is 0 Å². The number of rotatable bonds is 8. The predicted molar refractivity (Wildman–Crippen MR) is 94.2 cm³/mol. The number of aryl methyl sites for hydroxylation is 1. The van der Waals surface area contributed by atoms with Crippen molar-refractivity contribution < 1.29 is 14.7 Å². The van der Waals surface area contributed by atoms with Crippen molar-refractivity contribution in [2.75, 3.05) is 5.88 Å². The van der Waals surface area contributed by atoms with E-state index in [1.54, 1.807) is 18.2 Å². The Labute approximate surface area is 146 Å². The summed E-state index contributed by atoms with van der Waals surface area (Å²) in [4.78, 5) is 24.1. The van der Waals surface area contributed by atoms with Crippen molar-refractivity contribution >= 4 is 23.3 Å². The highest BCUT2D eigenvalue weighted by Gasteiger charge is 2.20. The van der Waals surface area contributed by atoms with E-state index in [1.807, 2.05) is 36.4 Å². The molecule has 24 heavy (non-hydrogen) atoms. The number of amides is 1. The van der Waals surface area contributed by atoms with E-state index in [9.17, 15) is 14.7 Å². The Morgan fingerprint density at radius 1 is 1.04 bits per heavy atom. The summed E-state index contributed by atoms with van der Waals surface area (Å²) in [5.41, 5.74) is 1.84. The highest BCUT2D eigenvalue weighted by Crippen LogP contribution is 2.12. The van der Waals surface area contributed by atoms with Crippen molar-refractivity contribution in [2.24, 2.45) is 0 Å². The standard InChI is InChI=1S/C19H20ClNO3/c20-13-18(23)17(12-14-5-2-1-3-6-14)21-19(24)10-9-15-7-4-8-16(22)11-15/h1-8,11,17,22H,9-10,12-13H2,(H,21,24)/t17-/m0/s1. The number of ketones is 1. The third-order valence-corrected chi connectivity index (χ3v) is 3.95. The Morgan fingerprint density at radius 2 is 1.75 bits per heavy atom. The zero-order valence-electron chi connectivity index (χ0n) is 13.2. The largest absolute Gasteiger partial charge is 0.508 e. The van der Waals surface area contributed by atoms with Crippen LogP contribution in [0.3, 0.4) is 0 Å². The Hall–Kier alpha value is -2.33. The highest BCUT2D eigenvalue weighted by atomic mass is 35.5. The zero-order chi connectivity index (χ0) is 17.4. The number of halogens is 1. The lowest BCUT2D eigenvalue weighted by Gasteiger charge is -2.17. The number of Topliss-reactive ketones (excluding diaryl/α,β-unsaturated/α-hetero) is 1. The van der Waals surface area contributed by atoms with Gasteiger partial charge in [0, 0.05) is 6.42 Å². The van der Waals surface area contributed by atoms with E-state index in [1.165, 1.54) is 0 Å². The van der Waals surface area contributed by atoms with Crippen LogP contribution in [0, 0.1) is 0 Å². The first-order valence-corrected chi connectivity index (χ1v) is 8.32. The molecule has 126 valence electrons. The lowest BCUT2D eigenvalue weighted by Crippen LogP contribution is -2.43. The molecule has 4 nitrogen and oxygen atoms in total. The molecule has 0 spiro atoms. The average molecular weight is 346 g/mol. The molecule has 0 saturated heterocycles. The summed E-state index contributed by atoms with van der Waals surface area (Å²) in [5, 5.41) is 12.2. The topological polar surface area (TPSA) is 66.4 Å². The van der Waals surface area contributed by atoms with Crippen molar-refractivity contribution in [3.05, 3.63) is 65.7 Å². The van der Waals surface area contributed by atoms with Crippen LogP contribution in [-0.2, 0) is 22.4 Å². The van der Waals surface area contributed by atoms with Crippen molar-refractivity contribution in [1.29, 1.82) is 0 Å². The first-order chi connectivity index (χ1) is 11.6. The van der Waals surface area contributed by atoms with E-state index in [0.29, 0.717) is 12.8 Å². The Bertz CT molecular complexity index is 688. The van der Waals surface area contributed by atoms with Gasteiger partial charge in [0.25, 0.3) is 0 Å². The molecule has 0 bridgehead atoms. The van der Waals surface area contributed by atoms with Gasteiger partial charge in [-0.3, -0.25) is 9.59 Å². The number of hydrogen-bond acceptors (Lipinski definition) is 3. The maximum atomic E-state index is 12.2. The maximum Gasteiger partial charge on any atom is 0.220 e. The number of phenols is 1. The molecule has 5 heteroatoms. The fourth-order valence-corrected chi connectivity index (χ4v) is 2.61. The van der Waals surface area contributed by atoms with Crippen LogP contribution >= 0.6 is 11.6 Å². The summed E-state index contributed by atoms with van der Waals surface area (Å²) < 4.78 is 0. The third-order valence-electron chi connectivity index (χ3n) is 3.69. The Kier molecular flexibility index (Phi) is 6.82. The molecule has 2 aromatic carbocycles. The summed E-state index contributed by atoms with van der Waals surface area (Å²) >= 11 is 5.66. The van der Waals surface area contributed by atoms with E-state index in [0.717, 1.165) is 11.1 Å². The number of carbonyl (C=O) groups excluding carboxylic acids is 2. The number of hydrogen-bond donors (Lipinski definition) is 2. The summed E-state index contributed by atoms with van der Waals surface area (Å²) in [7, 11) is 0. The predicted octanol–water partition coefficient (Wildman–Crippen LogP) is 2.86. The van der Waals surface area contributed by atoms with Crippen LogP contribution in [0.5, 0.6) is 5.75 Å². The first-order valence-electron chi connectivity index (χ1n) is 7.78. The van der Waals surface area contributed by atoms with Gasteiger partial charge in [-0.1, -0.05) is 42.5 Å². The summed E-state index contributed by atoms with van der Waals surface area (Å²) in [6.45, 7) is 0. The normalized spacial score (nSPS) is 11.7. The van der Waals surface area contributed by atoms with Crippen LogP contribution in [0.1, 0.15) is 17.5 Å². The second-order valence-corrected chi connectivity index (χ2v) is 5.85. The lowest BCUT2D eigenvalue weighted by molar-refractivity contribution is -0.126. The van der Waals surface area contributed by atoms with E-state index in [2.05, 4.69) is 5.32 Å². The second-order valence-electron chi connectivity index (χ2n) is 5.58. The summed E-state index contributed by atoms with van der Waals surface area (Å²) in [6, 6.07) is 15.7. The SMILES string of the molecule is O=C(CCc1cccc(O)c1)N[C@@H](Cc1ccccc1)C(=O)CCl. The van der Waals surface area contributed by atoms with Crippen LogP contribution in [0.2, 0.25) is 0 Å². The second kappa shape index (κ2) is 9.08. The molecular formula is C19H20ClNO3. The van der Waals surface area contributed by atoms with Gasteiger partial charge in [-0.25, -0.2) is 0 Å². The number of carbonyl (C=O) groups is 2. The number of phenolic OH excluding ortho intramolecular Hbond substituents is 1. The molecule has 0 saturated carbocycles. The number of nitrogens with one attached hydrogen (secondary N) is 1. The fourth-order valence-electron chi connectivity index (χ4n) is 2.42. The van der Waals surface area contributed by atoms with Gasteiger partial charge in [-0.2, -0.15) is 0 Å². The Balaban J connectivity index is 1.93. The van der Waals surface area contributed by atoms with Gasteiger partial charge < -0.3 is 10.4 Å². The number of aromatic hydroxyl groups is 1. The molecular weight excluding hydrogens is 326 g/mol. The van der Waals surface area contributed by atoms with Gasteiger partial charge in [-0.05, 0) is 36.1 Å². The van der Waals surface area contributed by atoms with Crippen LogP contribution in [0.15, 0.2) is 54.6 Å². The molecule has 0 aliphatic rings. The maximum absolute atomic E-state index is 12.2. The molecule has 0 unspecified atom stereocenters. The van der Waals surface area contributed by atoms with E-state index in [4.69, 9.17) is 11.6 Å². The van der Waals surface area contributed by atoms with Crippen LogP contribution < -0.4 is 5.32 Å². The summed E-state index contributed by atoms with van der Waals surface area (Å²) in [6.07, 6.45) is 1.15. The molecule has 0 radical (unpaired) electrons. The van der Waals surface area contributed by atoms with Crippen molar-refractivity contribution in [2.45, 2.75) is 25.3 Å². The van der Waals surface area contributed by atoms with Crippen molar-refractivity contribution in [1.82, 2.24) is 5.32 Å².